The van der Waals surface area contributed by atoms with Crippen LogP contribution >= 0.6 is 11.6 Å². The number of rotatable bonds is 6. The first-order chi connectivity index (χ1) is 12.6. The SMILES string of the molecule is CCCCC1CN(c2ccc(Cl)cc2)C(=O)CN1C(=O)Cn1cnnn1. The van der Waals surface area contributed by atoms with Gasteiger partial charge in [0.25, 0.3) is 0 Å². The number of tetrazole rings is 1. The second-order valence-corrected chi connectivity index (χ2v) is 6.74. The number of anilines is 1. The summed E-state index contributed by atoms with van der Waals surface area (Å²) in [5.41, 5.74) is 0.800. The van der Waals surface area contributed by atoms with E-state index in [9.17, 15) is 9.59 Å². The van der Waals surface area contributed by atoms with Crippen LogP contribution in [0, 0.1) is 0 Å². The van der Waals surface area contributed by atoms with Gasteiger partial charge in [0.05, 0.1) is 6.04 Å². The molecule has 1 saturated heterocycles. The number of nitrogens with zero attached hydrogens (tertiary/aromatic N) is 6. The average molecular weight is 377 g/mol. The van der Waals surface area contributed by atoms with Crippen molar-refractivity contribution in [1.82, 2.24) is 25.1 Å². The highest BCUT2D eigenvalue weighted by Gasteiger charge is 2.35. The van der Waals surface area contributed by atoms with Crippen LogP contribution in [0.2, 0.25) is 5.02 Å². The molecule has 1 unspecified atom stereocenters. The third-order valence-electron chi connectivity index (χ3n) is 4.48. The van der Waals surface area contributed by atoms with Crippen LogP contribution in [0.1, 0.15) is 26.2 Å². The van der Waals surface area contributed by atoms with E-state index in [1.807, 2.05) is 12.1 Å². The van der Waals surface area contributed by atoms with Crippen LogP contribution in [-0.4, -0.2) is 56.1 Å². The van der Waals surface area contributed by atoms with Crippen LogP contribution < -0.4 is 4.90 Å². The molecular formula is C17H21ClN6O2. The fourth-order valence-corrected chi connectivity index (χ4v) is 3.23. The standard InChI is InChI=1S/C17H21ClN6O2/c1-2-3-4-15-9-23(14-7-5-13(18)6-8-14)17(26)11-24(15)16(25)10-22-12-19-20-21-22/h5-8,12,15H,2-4,9-11H2,1H3. The number of piperazine rings is 1. The zero-order valence-corrected chi connectivity index (χ0v) is 15.3. The fraction of sp³-hybridized carbons (Fsp3) is 0.471. The van der Waals surface area contributed by atoms with Gasteiger partial charge in [-0.25, -0.2) is 4.68 Å². The summed E-state index contributed by atoms with van der Waals surface area (Å²) < 4.78 is 1.37. The number of hydrogen-bond donors (Lipinski definition) is 0. The Morgan fingerprint density at radius 1 is 1.31 bits per heavy atom. The first-order valence-electron chi connectivity index (χ1n) is 8.64. The van der Waals surface area contributed by atoms with Crippen molar-refractivity contribution in [3.63, 3.8) is 0 Å². The third kappa shape index (κ3) is 4.19. The average Bonchev–Trinajstić information content (AvgIpc) is 3.14. The number of aromatic nitrogens is 4. The molecule has 8 nitrogen and oxygen atoms in total. The lowest BCUT2D eigenvalue weighted by molar-refractivity contribution is -0.140. The smallest absolute Gasteiger partial charge is 0.246 e. The van der Waals surface area contributed by atoms with Gasteiger partial charge in [-0.15, -0.1) is 5.10 Å². The number of benzene rings is 1. The van der Waals surface area contributed by atoms with Crippen LogP contribution in [0.4, 0.5) is 5.69 Å². The Bertz CT molecular complexity index is 749. The van der Waals surface area contributed by atoms with E-state index in [4.69, 9.17) is 11.6 Å². The normalized spacial score (nSPS) is 17.6. The van der Waals surface area contributed by atoms with Crippen LogP contribution in [0.3, 0.4) is 0 Å². The van der Waals surface area contributed by atoms with Crippen molar-refractivity contribution in [2.75, 3.05) is 18.0 Å². The Kier molecular flexibility index (Phi) is 5.82. The molecule has 0 aliphatic carbocycles. The van der Waals surface area contributed by atoms with Crippen LogP contribution in [0.15, 0.2) is 30.6 Å². The summed E-state index contributed by atoms with van der Waals surface area (Å²) in [4.78, 5) is 28.8. The lowest BCUT2D eigenvalue weighted by Crippen LogP contribution is -2.58. The Morgan fingerprint density at radius 2 is 2.08 bits per heavy atom. The Labute approximate surface area is 156 Å². The summed E-state index contributed by atoms with van der Waals surface area (Å²) in [7, 11) is 0. The summed E-state index contributed by atoms with van der Waals surface area (Å²) in [6.07, 6.45) is 4.25. The van der Waals surface area contributed by atoms with Gasteiger partial charge in [-0.2, -0.15) is 0 Å². The van der Waals surface area contributed by atoms with Gasteiger partial charge < -0.3 is 9.80 Å². The summed E-state index contributed by atoms with van der Waals surface area (Å²) in [6.45, 7) is 2.67. The van der Waals surface area contributed by atoms with E-state index in [0.717, 1.165) is 24.9 Å². The minimum atomic E-state index is -0.150. The minimum absolute atomic E-state index is 0.0316. The first-order valence-corrected chi connectivity index (χ1v) is 9.02. The maximum atomic E-state index is 12.7. The fourth-order valence-electron chi connectivity index (χ4n) is 3.10. The van der Waals surface area contributed by atoms with Crippen molar-refractivity contribution in [3.05, 3.63) is 35.6 Å². The summed E-state index contributed by atoms with van der Waals surface area (Å²) >= 11 is 5.94. The van der Waals surface area contributed by atoms with Gasteiger partial charge in [0.1, 0.15) is 19.4 Å². The molecule has 1 aliphatic heterocycles. The predicted octanol–water partition coefficient (Wildman–Crippen LogP) is 1.76. The molecule has 0 bridgehead atoms. The largest absolute Gasteiger partial charge is 0.327 e. The summed E-state index contributed by atoms with van der Waals surface area (Å²) in [5.74, 6) is -0.257. The molecule has 1 fully saturated rings. The van der Waals surface area contributed by atoms with Crippen molar-refractivity contribution >= 4 is 29.1 Å². The molecule has 1 atom stereocenters. The molecule has 3 rings (SSSR count). The van der Waals surface area contributed by atoms with Crippen molar-refractivity contribution < 1.29 is 9.59 Å². The lowest BCUT2D eigenvalue weighted by Gasteiger charge is -2.41. The molecule has 0 N–H and O–H groups in total. The lowest BCUT2D eigenvalue weighted by atomic mass is 10.0. The van der Waals surface area contributed by atoms with Crippen molar-refractivity contribution in [1.29, 1.82) is 0 Å². The molecule has 0 radical (unpaired) electrons. The van der Waals surface area contributed by atoms with E-state index in [-0.39, 0.29) is 30.9 Å². The Balaban J connectivity index is 1.76. The third-order valence-corrected chi connectivity index (χ3v) is 4.73. The Morgan fingerprint density at radius 3 is 2.73 bits per heavy atom. The highest BCUT2D eigenvalue weighted by Crippen LogP contribution is 2.24. The second kappa shape index (κ2) is 8.27. The van der Waals surface area contributed by atoms with E-state index in [1.54, 1.807) is 21.9 Å². The maximum absolute atomic E-state index is 12.7. The molecule has 0 saturated carbocycles. The predicted molar refractivity (Wildman–Crippen MR) is 96.6 cm³/mol. The van der Waals surface area contributed by atoms with Gasteiger partial charge >= 0.3 is 0 Å². The minimum Gasteiger partial charge on any atom is -0.327 e. The van der Waals surface area contributed by atoms with Crippen LogP contribution in [0.5, 0.6) is 0 Å². The molecule has 2 heterocycles. The number of halogens is 1. The number of hydrogen-bond acceptors (Lipinski definition) is 5. The number of amides is 2. The Hall–Kier alpha value is -2.48. The zero-order valence-electron chi connectivity index (χ0n) is 14.6. The first kappa shape index (κ1) is 18.3. The molecule has 1 aromatic carbocycles. The topological polar surface area (TPSA) is 84.2 Å². The summed E-state index contributed by atoms with van der Waals surface area (Å²) in [5, 5.41) is 11.4. The van der Waals surface area contributed by atoms with Crippen molar-refractivity contribution in [3.8, 4) is 0 Å². The molecule has 1 aliphatic rings. The molecule has 2 aromatic rings. The monoisotopic (exact) mass is 376 g/mol. The molecule has 0 spiro atoms. The van der Waals surface area contributed by atoms with Crippen molar-refractivity contribution in [2.45, 2.75) is 38.8 Å². The van der Waals surface area contributed by atoms with E-state index in [1.165, 1.54) is 11.0 Å². The van der Waals surface area contributed by atoms with E-state index in [2.05, 4.69) is 22.4 Å². The van der Waals surface area contributed by atoms with E-state index in [0.29, 0.717) is 11.6 Å². The van der Waals surface area contributed by atoms with Gasteiger partial charge in [-0.3, -0.25) is 9.59 Å². The highest BCUT2D eigenvalue weighted by atomic mass is 35.5. The molecular weight excluding hydrogens is 356 g/mol. The maximum Gasteiger partial charge on any atom is 0.246 e. The van der Waals surface area contributed by atoms with Crippen molar-refractivity contribution in [2.24, 2.45) is 0 Å². The van der Waals surface area contributed by atoms with Gasteiger partial charge in [-0.1, -0.05) is 31.4 Å². The molecule has 26 heavy (non-hydrogen) atoms. The van der Waals surface area contributed by atoms with Crippen LogP contribution in [0.25, 0.3) is 0 Å². The summed E-state index contributed by atoms with van der Waals surface area (Å²) in [6, 6.07) is 7.15. The van der Waals surface area contributed by atoms with E-state index >= 15 is 0 Å². The zero-order chi connectivity index (χ0) is 18.5. The van der Waals surface area contributed by atoms with Gasteiger partial charge in [0.2, 0.25) is 11.8 Å². The van der Waals surface area contributed by atoms with Crippen LogP contribution in [-0.2, 0) is 16.1 Å². The second-order valence-electron chi connectivity index (χ2n) is 6.31. The van der Waals surface area contributed by atoms with E-state index < -0.39 is 0 Å². The highest BCUT2D eigenvalue weighted by molar-refractivity contribution is 6.30. The molecule has 138 valence electrons. The molecule has 2 amide bonds. The quantitative estimate of drug-likeness (QED) is 0.767. The van der Waals surface area contributed by atoms with Gasteiger partial charge in [0, 0.05) is 17.3 Å². The molecule has 1 aromatic heterocycles. The number of unbranched alkanes of at least 4 members (excludes halogenated alkanes) is 1. The van der Waals surface area contributed by atoms with Gasteiger partial charge in [0.15, 0.2) is 0 Å². The number of carbonyl (C=O) groups is 2. The number of carbonyl (C=O) groups excluding carboxylic acids is 2. The van der Waals surface area contributed by atoms with Gasteiger partial charge in [-0.05, 0) is 41.1 Å². The molecule has 9 heteroatoms.